The molecule has 1 N–H and O–H groups in total. The van der Waals surface area contributed by atoms with E-state index in [1.807, 2.05) is 17.9 Å². The quantitative estimate of drug-likeness (QED) is 0.754. The van der Waals surface area contributed by atoms with Crippen molar-refractivity contribution in [3.8, 4) is 0 Å². The number of nitrogens with one attached hydrogen (secondary N) is 1. The van der Waals surface area contributed by atoms with Crippen molar-refractivity contribution in [2.45, 2.75) is 59.4 Å². The van der Waals surface area contributed by atoms with E-state index in [-0.39, 0.29) is 0 Å². The van der Waals surface area contributed by atoms with Crippen molar-refractivity contribution in [3.63, 3.8) is 0 Å². The normalized spacial score (nSPS) is 13.8. The van der Waals surface area contributed by atoms with Crippen LogP contribution in [0.15, 0.2) is 12.4 Å². The van der Waals surface area contributed by atoms with Gasteiger partial charge in [0.2, 0.25) is 0 Å². The van der Waals surface area contributed by atoms with Gasteiger partial charge in [-0.05, 0) is 36.8 Å². The first-order chi connectivity index (χ1) is 8.43. The second kappa shape index (κ2) is 6.93. The first-order valence-electron chi connectivity index (χ1n) is 7.14. The first kappa shape index (κ1) is 15.2. The number of hydrogen-bond donors (Lipinski definition) is 1. The van der Waals surface area contributed by atoms with Crippen molar-refractivity contribution < 1.29 is 0 Å². The SMILES string of the molecule is CCNC(CCCCc1cnn(C)c1)C(C)(C)C. The third-order valence-electron chi connectivity index (χ3n) is 3.46. The van der Waals surface area contributed by atoms with Crippen LogP contribution >= 0.6 is 0 Å². The topological polar surface area (TPSA) is 29.9 Å². The Balaban J connectivity index is 2.26. The molecule has 3 nitrogen and oxygen atoms in total. The molecule has 0 spiro atoms. The smallest absolute Gasteiger partial charge is 0.0521 e. The predicted molar refractivity (Wildman–Crippen MR) is 77.7 cm³/mol. The Labute approximate surface area is 112 Å². The van der Waals surface area contributed by atoms with Crippen LogP contribution in [0.25, 0.3) is 0 Å². The van der Waals surface area contributed by atoms with Crippen LogP contribution in [0.3, 0.4) is 0 Å². The van der Waals surface area contributed by atoms with Gasteiger partial charge in [-0.2, -0.15) is 5.10 Å². The van der Waals surface area contributed by atoms with Crippen LogP contribution in [0.2, 0.25) is 0 Å². The number of hydrogen-bond acceptors (Lipinski definition) is 2. The van der Waals surface area contributed by atoms with Gasteiger partial charge in [0.1, 0.15) is 0 Å². The van der Waals surface area contributed by atoms with E-state index in [0.29, 0.717) is 11.5 Å². The summed E-state index contributed by atoms with van der Waals surface area (Å²) in [6.45, 7) is 10.2. The number of aromatic nitrogens is 2. The highest BCUT2D eigenvalue weighted by molar-refractivity contribution is 5.03. The number of nitrogens with zero attached hydrogens (tertiary/aromatic N) is 2. The Morgan fingerprint density at radius 1 is 1.33 bits per heavy atom. The summed E-state index contributed by atoms with van der Waals surface area (Å²) in [6.07, 6.45) is 9.04. The van der Waals surface area contributed by atoms with Gasteiger partial charge < -0.3 is 5.32 Å². The lowest BCUT2D eigenvalue weighted by molar-refractivity contribution is 0.253. The summed E-state index contributed by atoms with van der Waals surface area (Å²) >= 11 is 0. The lowest BCUT2D eigenvalue weighted by atomic mass is 9.83. The van der Waals surface area contributed by atoms with Gasteiger partial charge in [0.05, 0.1) is 6.20 Å². The number of rotatable bonds is 7. The predicted octanol–water partition coefficient (Wildman–Crippen LogP) is 3.16. The van der Waals surface area contributed by atoms with E-state index in [4.69, 9.17) is 0 Å². The Bertz CT molecular complexity index is 336. The molecule has 0 aromatic carbocycles. The molecule has 0 saturated heterocycles. The Morgan fingerprint density at radius 3 is 2.56 bits per heavy atom. The highest BCUT2D eigenvalue weighted by Gasteiger charge is 2.22. The van der Waals surface area contributed by atoms with Crippen LogP contribution in [0.1, 0.15) is 52.5 Å². The minimum absolute atomic E-state index is 0.352. The van der Waals surface area contributed by atoms with Crippen molar-refractivity contribution in [1.29, 1.82) is 0 Å². The number of unbranched alkanes of at least 4 members (excludes halogenated alkanes) is 1. The molecule has 0 amide bonds. The van der Waals surface area contributed by atoms with Crippen molar-refractivity contribution in [2.75, 3.05) is 6.54 Å². The molecule has 1 atom stereocenters. The molecule has 0 bridgehead atoms. The van der Waals surface area contributed by atoms with E-state index in [9.17, 15) is 0 Å². The molecule has 0 aliphatic carbocycles. The van der Waals surface area contributed by atoms with Crippen LogP contribution < -0.4 is 5.32 Å². The van der Waals surface area contributed by atoms with Crippen LogP contribution in [0.5, 0.6) is 0 Å². The van der Waals surface area contributed by atoms with Gasteiger partial charge in [0, 0.05) is 19.3 Å². The molecule has 0 aliphatic heterocycles. The second-order valence-electron chi connectivity index (χ2n) is 6.24. The molecule has 104 valence electrons. The monoisotopic (exact) mass is 251 g/mol. The van der Waals surface area contributed by atoms with Crippen molar-refractivity contribution in [2.24, 2.45) is 12.5 Å². The van der Waals surface area contributed by atoms with Gasteiger partial charge in [-0.25, -0.2) is 0 Å². The van der Waals surface area contributed by atoms with Gasteiger partial charge in [0.15, 0.2) is 0 Å². The van der Waals surface area contributed by atoms with Crippen molar-refractivity contribution >= 4 is 0 Å². The van der Waals surface area contributed by atoms with Crippen LogP contribution in [0.4, 0.5) is 0 Å². The third kappa shape index (κ3) is 5.21. The molecule has 1 aromatic heterocycles. The highest BCUT2D eigenvalue weighted by atomic mass is 15.2. The summed E-state index contributed by atoms with van der Waals surface area (Å²) in [6, 6.07) is 0.622. The Hall–Kier alpha value is -0.830. The average Bonchev–Trinajstić information content (AvgIpc) is 2.67. The summed E-state index contributed by atoms with van der Waals surface area (Å²) in [7, 11) is 1.98. The van der Waals surface area contributed by atoms with E-state index in [0.717, 1.165) is 13.0 Å². The minimum Gasteiger partial charge on any atom is -0.314 e. The van der Waals surface area contributed by atoms with Gasteiger partial charge in [-0.15, -0.1) is 0 Å². The zero-order valence-corrected chi connectivity index (χ0v) is 12.7. The fourth-order valence-electron chi connectivity index (χ4n) is 2.37. The van der Waals surface area contributed by atoms with Gasteiger partial charge in [-0.1, -0.05) is 34.1 Å². The fraction of sp³-hybridized carbons (Fsp3) is 0.800. The molecule has 1 rings (SSSR count). The molecule has 1 aromatic rings. The average molecular weight is 251 g/mol. The molecular formula is C15H29N3. The highest BCUT2D eigenvalue weighted by Crippen LogP contribution is 2.23. The summed E-state index contributed by atoms with van der Waals surface area (Å²) in [5, 5.41) is 7.81. The van der Waals surface area contributed by atoms with Crippen molar-refractivity contribution in [3.05, 3.63) is 18.0 Å². The second-order valence-corrected chi connectivity index (χ2v) is 6.24. The van der Waals surface area contributed by atoms with E-state index >= 15 is 0 Å². The first-order valence-corrected chi connectivity index (χ1v) is 7.14. The largest absolute Gasteiger partial charge is 0.314 e. The summed E-state index contributed by atoms with van der Waals surface area (Å²) in [5.74, 6) is 0. The maximum Gasteiger partial charge on any atom is 0.0521 e. The lowest BCUT2D eigenvalue weighted by Crippen LogP contribution is -2.40. The van der Waals surface area contributed by atoms with Crippen LogP contribution in [-0.2, 0) is 13.5 Å². The van der Waals surface area contributed by atoms with Gasteiger partial charge in [-0.3, -0.25) is 4.68 Å². The molecule has 0 radical (unpaired) electrons. The third-order valence-corrected chi connectivity index (χ3v) is 3.46. The standard InChI is InChI=1S/C15H29N3/c1-6-16-14(15(2,3)4)10-8-7-9-13-11-17-18(5)12-13/h11-12,14,16H,6-10H2,1-5H3. The Morgan fingerprint density at radius 2 is 2.06 bits per heavy atom. The van der Waals surface area contributed by atoms with Gasteiger partial charge in [0.25, 0.3) is 0 Å². The molecule has 0 saturated carbocycles. The van der Waals surface area contributed by atoms with E-state index < -0.39 is 0 Å². The molecule has 18 heavy (non-hydrogen) atoms. The molecule has 0 aliphatic rings. The maximum absolute atomic E-state index is 4.20. The molecule has 1 unspecified atom stereocenters. The molecule has 0 fully saturated rings. The fourth-order valence-corrected chi connectivity index (χ4v) is 2.37. The van der Waals surface area contributed by atoms with E-state index in [2.05, 4.69) is 44.3 Å². The summed E-state index contributed by atoms with van der Waals surface area (Å²) < 4.78 is 1.88. The molecule has 3 heteroatoms. The zero-order chi connectivity index (χ0) is 13.6. The minimum atomic E-state index is 0.352. The summed E-state index contributed by atoms with van der Waals surface area (Å²) in [5.41, 5.74) is 1.71. The molecular weight excluding hydrogens is 222 g/mol. The molecule has 1 heterocycles. The van der Waals surface area contributed by atoms with Crippen molar-refractivity contribution in [1.82, 2.24) is 15.1 Å². The van der Waals surface area contributed by atoms with Crippen LogP contribution in [0, 0.1) is 5.41 Å². The van der Waals surface area contributed by atoms with Crippen LogP contribution in [-0.4, -0.2) is 22.4 Å². The number of aryl methyl sites for hydroxylation is 2. The summed E-state index contributed by atoms with van der Waals surface area (Å²) in [4.78, 5) is 0. The lowest BCUT2D eigenvalue weighted by Gasteiger charge is -2.31. The van der Waals surface area contributed by atoms with Gasteiger partial charge >= 0.3 is 0 Å². The maximum atomic E-state index is 4.20. The van der Waals surface area contributed by atoms with E-state index in [1.54, 1.807) is 0 Å². The zero-order valence-electron chi connectivity index (χ0n) is 12.7. The Kier molecular flexibility index (Phi) is 5.86. The van der Waals surface area contributed by atoms with E-state index in [1.165, 1.54) is 24.8 Å².